The van der Waals surface area contributed by atoms with Gasteiger partial charge in [-0.15, -0.1) is 11.3 Å². The maximum atomic E-state index is 6.82. The van der Waals surface area contributed by atoms with Crippen molar-refractivity contribution in [2.75, 3.05) is 0 Å². The molecule has 0 N–H and O–H groups in total. The molecule has 214 valence electrons. The van der Waals surface area contributed by atoms with Crippen LogP contribution in [-0.4, -0.2) is 0 Å². The van der Waals surface area contributed by atoms with Crippen molar-refractivity contribution in [3.8, 4) is 33.4 Å². The summed E-state index contributed by atoms with van der Waals surface area (Å²) in [4.78, 5) is 0. The Hall–Kier alpha value is -5.70. The highest BCUT2D eigenvalue weighted by atomic mass is 32.1. The Bertz CT molecular complexity index is 2790. The van der Waals surface area contributed by atoms with Gasteiger partial charge in [-0.05, 0) is 62.0 Å². The van der Waals surface area contributed by atoms with Crippen molar-refractivity contribution in [3.05, 3.63) is 158 Å². The Morgan fingerprint density at radius 3 is 1.85 bits per heavy atom. The quantitative estimate of drug-likeness (QED) is 0.196. The van der Waals surface area contributed by atoms with E-state index < -0.39 is 0 Å². The first-order valence-electron chi connectivity index (χ1n) is 15.7. The molecule has 0 radical (unpaired) electrons. The Morgan fingerprint density at radius 2 is 1.00 bits per heavy atom. The molecule has 0 bridgehead atoms. The van der Waals surface area contributed by atoms with E-state index in [1.54, 1.807) is 0 Å². The number of hydrogen-bond donors (Lipinski definition) is 0. The number of rotatable bonds is 3. The molecule has 10 aromatic rings. The molecule has 0 atom stereocenters. The van der Waals surface area contributed by atoms with Gasteiger partial charge in [-0.25, -0.2) is 0 Å². The van der Waals surface area contributed by atoms with Crippen LogP contribution in [0, 0.1) is 0 Å². The van der Waals surface area contributed by atoms with Crippen LogP contribution in [0.15, 0.2) is 162 Å². The van der Waals surface area contributed by atoms with Gasteiger partial charge in [0.05, 0.1) is 0 Å². The monoisotopic (exact) mass is 602 g/mol. The van der Waals surface area contributed by atoms with Gasteiger partial charge >= 0.3 is 0 Å². The second-order valence-electron chi connectivity index (χ2n) is 12.0. The average Bonchev–Trinajstić information content (AvgIpc) is 3.68. The van der Waals surface area contributed by atoms with Gasteiger partial charge in [-0.2, -0.15) is 0 Å². The highest BCUT2D eigenvalue weighted by Crippen LogP contribution is 2.48. The second kappa shape index (κ2) is 9.90. The molecule has 0 amide bonds. The minimum absolute atomic E-state index is 0.908. The van der Waals surface area contributed by atoms with E-state index in [0.29, 0.717) is 0 Å². The lowest BCUT2D eigenvalue weighted by Crippen LogP contribution is -1.89. The SMILES string of the molecule is c1ccc2c(-c3ccc(-c4c5ccccc5c(-c5ccc6c(c5)sc5ccccc56)c5c4oc4ccccc45)cc3)cccc2c1. The first-order chi connectivity index (χ1) is 22.8. The molecule has 0 spiro atoms. The molecule has 0 fully saturated rings. The van der Waals surface area contributed by atoms with Crippen LogP contribution in [0.5, 0.6) is 0 Å². The van der Waals surface area contributed by atoms with E-state index in [4.69, 9.17) is 4.42 Å². The second-order valence-corrected chi connectivity index (χ2v) is 13.1. The molecule has 0 unspecified atom stereocenters. The maximum Gasteiger partial charge on any atom is 0.144 e. The summed E-state index contributed by atoms with van der Waals surface area (Å²) in [6, 6.07) is 57.1. The van der Waals surface area contributed by atoms with Crippen molar-refractivity contribution in [2.45, 2.75) is 0 Å². The molecule has 2 heterocycles. The van der Waals surface area contributed by atoms with Gasteiger partial charge in [0, 0.05) is 42.1 Å². The van der Waals surface area contributed by atoms with Crippen LogP contribution in [0.4, 0.5) is 0 Å². The number of furan rings is 1. The summed E-state index contributed by atoms with van der Waals surface area (Å²) in [5, 5.41) is 9.89. The summed E-state index contributed by atoms with van der Waals surface area (Å²) in [5.41, 5.74) is 9.02. The molecular formula is C44H26OS. The molecule has 0 aliphatic heterocycles. The topological polar surface area (TPSA) is 13.1 Å². The average molecular weight is 603 g/mol. The van der Waals surface area contributed by atoms with Crippen molar-refractivity contribution >= 4 is 75.0 Å². The highest BCUT2D eigenvalue weighted by Gasteiger charge is 2.22. The van der Waals surface area contributed by atoms with E-state index in [2.05, 4.69) is 158 Å². The molecule has 2 heteroatoms. The van der Waals surface area contributed by atoms with Crippen molar-refractivity contribution in [1.82, 2.24) is 0 Å². The van der Waals surface area contributed by atoms with Crippen LogP contribution < -0.4 is 0 Å². The summed E-state index contributed by atoms with van der Waals surface area (Å²) in [6.07, 6.45) is 0. The van der Waals surface area contributed by atoms with Crippen LogP contribution in [0.2, 0.25) is 0 Å². The number of hydrogen-bond acceptors (Lipinski definition) is 2. The largest absolute Gasteiger partial charge is 0.455 e. The Kier molecular flexibility index (Phi) is 5.51. The van der Waals surface area contributed by atoms with Crippen molar-refractivity contribution in [2.24, 2.45) is 0 Å². The fourth-order valence-corrected chi connectivity index (χ4v) is 8.55. The molecule has 2 aromatic heterocycles. The molecule has 1 nitrogen and oxygen atoms in total. The maximum absolute atomic E-state index is 6.82. The van der Waals surface area contributed by atoms with Gasteiger partial charge in [-0.3, -0.25) is 0 Å². The van der Waals surface area contributed by atoms with E-state index in [0.717, 1.165) is 27.7 Å². The third-order valence-electron chi connectivity index (χ3n) is 9.48. The van der Waals surface area contributed by atoms with Crippen LogP contribution in [0.25, 0.3) is 97.0 Å². The van der Waals surface area contributed by atoms with E-state index in [-0.39, 0.29) is 0 Å². The fourth-order valence-electron chi connectivity index (χ4n) is 7.41. The molecular weight excluding hydrogens is 577 g/mol. The number of fused-ring (bicyclic) bond motifs is 8. The summed E-state index contributed by atoms with van der Waals surface area (Å²) in [6.45, 7) is 0. The molecule has 0 saturated carbocycles. The molecule has 0 aliphatic rings. The Labute approximate surface area is 269 Å². The molecule has 0 aliphatic carbocycles. The normalized spacial score (nSPS) is 11.9. The lowest BCUT2D eigenvalue weighted by molar-refractivity contribution is 0.670. The fraction of sp³-hybridized carbons (Fsp3) is 0. The van der Waals surface area contributed by atoms with E-state index in [1.807, 2.05) is 11.3 Å². The van der Waals surface area contributed by atoms with E-state index in [1.165, 1.54) is 69.4 Å². The molecule has 10 rings (SSSR count). The zero-order valence-electron chi connectivity index (χ0n) is 24.8. The van der Waals surface area contributed by atoms with Crippen molar-refractivity contribution in [3.63, 3.8) is 0 Å². The number of thiophene rings is 1. The lowest BCUT2D eigenvalue weighted by atomic mass is 9.87. The molecule has 46 heavy (non-hydrogen) atoms. The van der Waals surface area contributed by atoms with Gasteiger partial charge < -0.3 is 4.42 Å². The Morgan fingerprint density at radius 1 is 0.391 bits per heavy atom. The third kappa shape index (κ3) is 3.74. The summed E-state index contributed by atoms with van der Waals surface area (Å²) in [7, 11) is 0. The molecule has 8 aromatic carbocycles. The van der Waals surface area contributed by atoms with Gasteiger partial charge in [-0.1, -0.05) is 140 Å². The molecule has 0 saturated heterocycles. The van der Waals surface area contributed by atoms with Crippen molar-refractivity contribution in [1.29, 1.82) is 0 Å². The minimum atomic E-state index is 0.908. The predicted octanol–water partition coefficient (Wildman–Crippen LogP) is 13.3. The number of benzene rings is 8. The third-order valence-corrected chi connectivity index (χ3v) is 10.6. The Balaban J connectivity index is 1.25. The lowest BCUT2D eigenvalue weighted by Gasteiger charge is -2.15. The van der Waals surface area contributed by atoms with E-state index >= 15 is 0 Å². The van der Waals surface area contributed by atoms with E-state index in [9.17, 15) is 0 Å². The predicted molar refractivity (Wildman–Crippen MR) is 198 cm³/mol. The van der Waals surface area contributed by atoms with Crippen LogP contribution in [0.1, 0.15) is 0 Å². The van der Waals surface area contributed by atoms with Gasteiger partial charge in [0.25, 0.3) is 0 Å². The first kappa shape index (κ1) is 25.6. The standard InChI is InChI=1S/C44H26OS/c1-2-12-31-27(10-1)11-9-17-32(31)28-20-22-29(23-21-28)42-36-15-4-3-14-35(36)41(43-37-16-5-7-18-38(37)45-44(42)43)30-24-25-34-33-13-6-8-19-39(33)46-40(34)26-30/h1-26H. The van der Waals surface area contributed by atoms with Crippen molar-refractivity contribution < 1.29 is 4.42 Å². The first-order valence-corrected chi connectivity index (χ1v) is 16.5. The summed E-state index contributed by atoms with van der Waals surface area (Å²) >= 11 is 1.86. The summed E-state index contributed by atoms with van der Waals surface area (Å²) < 4.78 is 9.44. The van der Waals surface area contributed by atoms with Crippen LogP contribution in [0.3, 0.4) is 0 Å². The van der Waals surface area contributed by atoms with Crippen LogP contribution >= 0.6 is 11.3 Å². The van der Waals surface area contributed by atoms with Gasteiger partial charge in [0.15, 0.2) is 0 Å². The highest BCUT2D eigenvalue weighted by molar-refractivity contribution is 7.25. The van der Waals surface area contributed by atoms with Gasteiger partial charge in [0.2, 0.25) is 0 Å². The zero-order chi connectivity index (χ0) is 30.2. The summed E-state index contributed by atoms with van der Waals surface area (Å²) in [5.74, 6) is 0. The smallest absolute Gasteiger partial charge is 0.144 e. The zero-order valence-corrected chi connectivity index (χ0v) is 25.6. The minimum Gasteiger partial charge on any atom is -0.455 e. The number of para-hydroxylation sites is 1. The van der Waals surface area contributed by atoms with Crippen LogP contribution in [-0.2, 0) is 0 Å². The van der Waals surface area contributed by atoms with Gasteiger partial charge in [0.1, 0.15) is 11.2 Å².